The average Bonchev–Trinajstić information content (AvgIpc) is 3.31. The highest BCUT2D eigenvalue weighted by Crippen LogP contribution is 2.39. The second-order valence-electron chi connectivity index (χ2n) is 9.15. The summed E-state index contributed by atoms with van der Waals surface area (Å²) in [5.74, 6) is 0.589. The lowest BCUT2D eigenvalue weighted by Crippen LogP contribution is -2.28. The van der Waals surface area contributed by atoms with Crippen LogP contribution in [0.2, 0.25) is 0 Å². The van der Waals surface area contributed by atoms with Crippen LogP contribution in [0.15, 0.2) is 57.9 Å². The van der Waals surface area contributed by atoms with Gasteiger partial charge in [-0.1, -0.05) is 50.4 Å². The maximum absolute atomic E-state index is 14.7. The molecule has 1 atom stereocenters. The van der Waals surface area contributed by atoms with Crippen LogP contribution in [-0.2, 0) is 14.3 Å². The zero-order valence-electron chi connectivity index (χ0n) is 23.1. The van der Waals surface area contributed by atoms with Crippen LogP contribution in [0.5, 0.6) is 0 Å². The van der Waals surface area contributed by atoms with E-state index in [0.29, 0.717) is 47.4 Å². The molecule has 9 heteroatoms. The molecule has 3 aromatic rings. The maximum atomic E-state index is 14.7. The smallest absolute Gasteiger partial charge is 0.419 e. The SMILES string of the molecule is CCCCC(CC)COC(=O)CCSc1ccc(-c2onc(C)c2N(C(=O)OCC)c2ccccc2F)cc1. The van der Waals surface area contributed by atoms with Crippen molar-refractivity contribution >= 4 is 35.2 Å². The van der Waals surface area contributed by atoms with Crippen LogP contribution in [0.4, 0.5) is 20.6 Å². The van der Waals surface area contributed by atoms with E-state index in [-0.39, 0.29) is 18.3 Å². The molecule has 39 heavy (non-hydrogen) atoms. The van der Waals surface area contributed by atoms with Crippen molar-refractivity contribution in [3.8, 4) is 11.3 Å². The summed E-state index contributed by atoms with van der Waals surface area (Å²) in [5.41, 5.74) is 1.43. The number of unbranched alkanes of at least 4 members (excludes halogenated alkanes) is 1. The standard InChI is InChI=1S/C30H37FN2O5S/c1-5-8-11-22(6-2)20-37-27(34)18-19-39-24-16-14-23(15-17-24)29-28(21(4)32-38-29)33(30(35)36-7-3)26-13-10-9-12-25(26)31/h9-10,12-17,22H,5-8,11,18-20H2,1-4H3. The minimum atomic E-state index is -0.732. The fourth-order valence-electron chi connectivity index (χ4n) is 4.08. The molecular weight excluding hydrogens is 519 g/mol. The van der Waals surface area contributed by atoms with Crippen molar-refractivity contribution < 1.29 is 28.0 Å². The number of hydrogen-bond acceptors (Lipinski definition) is 7. The van der Waals surface area contributed by atoms with Crippen molar-refractivity contribution in [2.24, 2.45) is 5.92 Å². The Kier molecular flexibility index (Phi) is 11.9. The lowest BCUT2D eigenvalue weighted by atomic mass is 10.0. The first-order valence-corrected chi connectivity index (χ1v) is 14.4. The summed E-state index contributed by atoms with van der Waals surface area (Å²) in [6.07, 6.45) is 4.00. The maximum Gasteiger partial charge on any atom is 0.419 e. The number of amides is 1. The molecule has 1 aromatic heterocycles. The quantitative estimate of drug-likeness (QED) is 0.146. The molecule has 7 nitrogen and oxygen atoms in total. The van der Waals surface area contributed by atoms with Crippen molar-refractivity contribution in [3.05, 3.63) is 60.0 Å². The monoisotopic (exact) mass is 556 g/mol. The molecular formula is C30H37FN2O5S. The fourth-order valence-corrected chi connectivity index (χ4v) is 4.92. The van der Waals surface area contributed by atoms with E-state index in [2.05, 4.69) is 19.0 Å². The molecule has 210 valence electrons. The third-order valence-electron chi connectivity index (χ3n) is 6.31. The number of anilines is 2. The Morgan fingerprint density at radius 2 is 1.82 bits per heavy atom. The number of benzene rings is 2. The Morgan fingerprint density at radius 1 is 1.08 bits per heavy atom. The molecule has 1 heterocycles. The molecule has 0 bridgehead atoms. The van der Waals surface area contributed by atoms with E-state index in [0.717, 1.165) is 35.5 Å². The van der Waals surface area contributed by atoms with Crippen molar-refractivity contribution in [3.63, 3.8) is 0 Å². The second kappa shape index (κ2) is 15.3. The molecule has 3 rings (SSSR count). The van der Waals surface area contributed by atoms with E-state index in [1.54, 1.807) is 37.7 Å². The van der Waals surface area contributed by atoms with Crippen molar-refractivity contribution in [2.45, 2.75) is 64.7 Å². The van der Waals surface area contributed by atoms with E-state index in [4.69, 9.17) is 14.0 Å². The van der Waals surface area contributed by atoms with Gasteiger partial charge in [-0.2, -0.15) is 0 Å². The number of para-hydroxylation sites is 1. The Hall–Kier alpha value is -3.33. The first-order chi connectivity index (χ1) is 18.9. The summed E-state index contributed by atoms with van der Waals surface area (Å²) >= 11 is 1.55. The Morgan fingerprint density at radius 3 is 2.49 bits per heavy atom. The number of aryl methyl sites for hydroxylation is 1. The zero-order valence-corrected chi connectivity index (χ0v) is 23.9. The molecule has 2 aromatic carbocycles. The Balaban J connectivity index is 1.68. The van der Waals surface area contributed by atoms with Gasteiger partial charge in [0.1, 0.15) is 17.2 Å². The highest BCUT2D eigenvalue weighted by molar-refractivity contribution is 7.99. The number of nitrogens with zero attached hydrogens (tertiary/aromatic N) is 2. The topological polar surface area (TPSA) is 81.9 Å². The fraction of sp³-hybridized carbons (Fsp3) is 0.433. The zero-order chi connectivity index (χ0) is 28.2. The summed E-state index contributed by atoms with van der Waals surface area (Å²) in [6, 6.07) is 13.5. The van der Waals surface area contributed by atoms with Gasteiger partial charge in [0, 0.05) is 16.2 Å². The van der Waals surface area contributed by atoms with Gasteiger partial charge >= 0.3 is 12.1 Å². The van der Waals surface area contributed by atoms with E-state index in [1.165, 1.54) is 12.1 Å². The largest absolute Gasteiger partial charge is 0.465 e. The van der Waals surface area contributed by atoms with Crippen LogP contribution in [0.25, 0.3) is 11.3 Å². The summed E-state index contributed by atoms with van der Waals surface area (Å²) in [5, 5.41) is 4.05. The number of ether oxygens (including phenoxy) is 2. The molecule has 0 radical (unpaired) electrons. The van der Waals surface area contributed by atoms with Crippen LogP contribution < -0.4 is 4.90 Å². The number of esters is 1. The third kappa shape index (κ3) is 8.33. The van der Waals surface area contributed by atoms with Crippen LogP contribution in [0.3, 0.4) is 0 Å². The summed E-state index contributed by atoms with van der Waals surface area (Å²) < 4.78 is 31.1. The van der Waals surface area contributed by atoms with E-state index < -0.39 is 11.9 Å². The first kappa shape index (κ1) is 30.2. The number of carbonyl (C=O) groups excluding carboxylic acids is 2. The summed E-state index contributed by atoms with van der Waals surface area (Å²) in [4.78, 5) is 27.2. The van der Waals surface area contributed by atoms with Gasteiger partial charge in [-0.25, -0.2) is 14.1 Å². The van der Waals surface area contributed by atoms with Gasteiger partial charge in [0.05, 0.1) is 25.3 Å². The van der Waals surface area contributed by atoms with Gasteiger partial charge < -0.3 is 14.0 Å². The molecule has 0 N–H and O–H groups in total. The van der Waals surface area contributed by atoms with E-state index >= 15 is 0 Å². The molecule has 0 saturated carbocycles. The molecule has 0 spiro atoms. The highest BCUT2D eigenvalue weighted by atomic mass is 32.2. The van der Waals surface area contributed by atoms with Crippen LogP contribution in [-0.4, -0.2) is 36.2 Å². The first-order valence-electron chi connectivity index (χ1n) is 13.5. The number of thioether (sulfide) groups is 1. The molecule has 0 saturated heterocycles. The van der Waals surface area contributed by atoms with Gasteiger partial charge in [0.15, 0.2) is 5.76 Å². The molecule has 0 fully saturated rings. The number of aromatic nitrogens is 1. The summed E-state index contributed by atoms with van der Waals surface area (Å²) in [6.45, 7) is 8.28. The van der Waals surface area contributed by atoms with E-state index in [9.17, 15) is 14.0 Å². The van der Waals surface area contributed by atoms with Gasteiger partial charge in [0.25, 0.3) is 0 Å². The van der Waals surface area contributed by atoms with Crippen LogP contribution >= 0.6 is 11.8 Å². The van der Waals surface area contributed by atoms with Gasteiger partial charge in [0.2, 0.25) is 0 Å². The average molecular weight is 557 g/mol. The van der Waals surface area contributed by atoms with Gasteiger partial charge in [-0.15, -0.1) is 11.8 Å². The lowest BCUT2D eigenvalue weighted by molar-refractivity contribution is -0.144. The molecule has 0 aliphatic heterocycles. The normalized spacial score (nSPS) is 11.7. The number of carbonyl (C=O) groups is 2. The van der Waals surface area contributed by atoms with Crippen molar-refractivity contribution in [1.29, 1.82) is 0 Å². The predicted octanol–water partition coefficient (Wildman–Crippen LogP) is 8.33. The molecule has 0 aliphatic carbocycles. The minimum absolute atomic E-state index is 0.0400. The number of rotatable bonds is 14. The molecule has 1 unspecified atom stereocenters. The minimum Gasteiger partial charge on any atom is -0.465 e. The van der Waals surface area contributed by atoms with Crippen molar-refractivity contribution in [1.82, 2.24) is 5.16 Å². The van der Waals surface area contributed by atoms with Crippen LogP contribution in [0.1, 0.15) is 58.6 Å². The highest BCUT2D eigenvalue weighted by Gasteiger charge is 2.30. The predicted molar refractivity (Wildman–Crippen MR) is 152 cm³/mol. The van der Waals surface area contributed by atoms with Crippen molar-refractivity contribution in [2.75, 3.05) is 23.9 Å². The lowest BCUT2D eigenvalue weighted by Gasteiger charge is -2.22. The molecule has 0 aliphatic rings. The Labute approximate surface area is 234 Å². The number of hydrogen-bond donors (Lipinski definition) is 0. The second-order valence-corrected chi connectivity index (χ2v) is 10.3. The van der Waals surface area contributed by atoms with Gasteiger partial charge in [-0.3, -0.25) is 4.79 Å². The van der Waals surface area contributed by atoms with E-state index in [1.807, 2.05) is 24.3 Å². The summed E-state index contributed by atoms with van der Waals surface area (Å²) in [7, 11) is 0. The third-order valence-corrected chi connectivity index (χ3v) is 7.33. The number of halogens is 1. The van der Waals surface area contributed by atoms with Crippen LogP contribution in [0, 0.1) is 18.7 Å². The van der Waals surface area contributed by atoms with Gasteiger partial charge in [-0.05, 0) is 62.6 Å². The Bertz CT molecular complexity index is 1210. The molecule has 1 amide bonds.